The van der Waals surface area contributed by atoms with Gasteiger partial charge in [-0.3, -0.25) is 24.7 Å². The Labute approximate surface area is 182 Å². The zero-order chi connectivity index (χ0) is 23.2. The van der Waals surface area contributed by atoms with Crippen molar-refractivity contribution in [1.82, 2.24) is 9.97 Å². The average Bonchev–Trinajstić information content (AvgIpc) is 2.72. The molecule has 1 saturated heterocycles. The van der Waals surface area contributed by atoms with Crippen LogP contribution in [-0.4, -0.2) is 33.9 Å². The lowest BCUT2D eigenvalue weighted by Crippen LogP contribution is -2.43. The number of rotatable bonds is 3. The first-order valence-electron chi connectivity index (χ1n) is 10.2. The van der Waals surface area contributed by atoms with Gasteiger partial charge in [-0.2, -0.15) is 10.2 Å². The molecule has 0 radical (unpaired) electrons. The summed E-state index contributed by atoms with van der Waals surface area (Å²) in [6, 6.07) is 4.62. The van der Waals surface area contributed by atoms with Crippen molar-refractivity contribution in [1.29, 1.82) is 5.26 Å². The van der Waals surface area contributed by atoms with E-state index in [2.05, 4.69) is 29.1 Å². The molecule has 4 atom stereocenters. The number of benzene rings is 1. The average molecular weight is 440 g/mol. The number of nitro benzene ring substituents is 1. The number of hydrogen-bond donors (Lipinski definition) is 2. The summed E-state index contributed by atoms with van der Waals surface area (Å²) in [4.78, 5) is 45.3. The number of nitro groups is 1. The molecule has 1 fully saturated rings. The van der Waals surface area contributed by atoms with Crippen molar-refractivity contribution in [3.05, 3.63) is 55.6 Å². The monoisotopic (exact) mass is 440 g/mol. The quantitative estimate of drug-likeness (QED) is 0.551. The first kappa shape index (κ1) is 21.4. The van der Waals surface area contributed by atoms with E-state index in [1.165, 1.54) is 0 Å². The second-order valence-electron chi connectivity index (χ2n) is 8.54. The van der Waals surface area contributed by atoms with Gasteiger partial charge in [-0.15, -0.1) is 0 Å². The summed E-state index contributed by atoms with van der Waals surface area (Å²) in [6.07, 6.45) is 1.04. The summed E-state index contributed by atoms with van der Waals surface area (Å²) in [6.45, 7) is 5.53. The molecule has 1 aromatic heterocycles. The molecule has 0 aliphatic carbocycles. The minimum absolute atomic E-state index is 0.0676. The van der Waals surface area contributed by atoms with Crippen LogP contribution in [0.15, 0.2) is 23.0 Å². The molecule has 32 heavy (non-hydrogen) atoms. The molecule has 1 amide bonds. The fourth-order valence-corrected chi connectivity index (χ4v) is 4.70. The van der Waals surface area contributed by atoms with Crippen molar-refractivity contribution in [2.45, 2.75) is 26.2 Å². The number of halogens is 1. The Bertz CT molecular complexity index is 1200. The molecule has 1 aromatic carbocycles. The van der Waals surface area contributed by atoms with Gasteiger partial charge in [0.1, 0.15) is 17.6 Å². The van der Waals surface area contributed by atoms with Crippen LogP contribution in [0.4, 0.5) is 21.8 Å². The van der Waals surface area contributed by atoms with Crippen molar-refractivity contribution in [2.24, 2.45) is 17.8 Å². The number of aromatic nitrogens is 2. The van der Waals surface area contributed by atoms with E-state index in [1.54, 1.807) is 6.07 Å². The van der Waals surface area contributed by atoms with Crippen molar-refractivity contribution >= 4 is 23.4 Å². The summed E-state index contributed by atoms with van der Waals surface area (Å²) < 4.78 is 14.7. The van der Waals surface area contributed by atoms with Crippen LogP contribution in [0.5, 0.6) is 0 Å². The number of nitriles is 1. The Morgan fingerprint density at radius 1 is 1.28 bits per heavy atom. The second kappa shape index (κ2) is 8.03. The predicted molar refractivity (Wildman–Crippen MR) is 113 cm³/mol. The predicted octanol–water partition coefficient (Wildman–Crippen LogP) is 2.52. The molecular formula is C21H21FN6O4. The fourth-order valence-electron chi connectivity index (χ4n) is 4.70. The van der Waals surface area contributed by atoms with Crippen LogP contribution < -0.4 is 15.8 Å². The van der Waals surface area contributed by atoms with E-state index in [1.807, 2.05) is 4.90 Å². The highest BCUT2D eigenvalue weighted by molar-refractivity contribution is 5.98. The number of fused-ring (bicyclic) bond motifs is 1. The van der Waals surface area contributed by atoms with E-state index in [4.69, 9.17) is 0 Å². The fraction of sp³-hybridized carbons (Fsp3) is 0.429. The van der Waals surface area contributed by atoms with Gasteiger partial charge in [0.15, 0.2) is 0 Å². The molecule has 0 spiro atoms. The van der Waals surface area contributed by atoms with Gasteiger partial charge in [0, 0.05) is 36.7 Å². The van der Waals surface area contributed by atoms with Gasteiger partial charge in [0.25, 0.3) is 11.2 Å². The van der Waals surface area contributed by atoms with Crippen LogP contribution >= 0.6 is 0 Å². The normalized spacial score (nSPS) is 24.9. The Morgan fingerprint density at radius 2 is 1.97 bits per heavy atom. The van der Waals surface area contributed by atoms with Gasteiger partial charge in [0.2, 0.25) is 11.9 Å². The van der Waals surface area contributed by atoms with Gasteiger partial charge in [-0.1, -0.05) is 13.8 Å². The Kier molecular flexibility index (Phi) is 5.38. The van der Waals surface area contributed by atoms with E-state index in [0.29, 0.717) is 24.9 Å². The van der Waals surface area contributed by atoms with E-state index < -0.39 is 39.7 Å². The van der Waals surface area contributed by atoms with Crippen LogP contribution in [0.25, 0.3) is 0 Å². The number of aromatic amines is 1. The number of anilines is 2. The highest BCUT2D eigenvalue weighted by atomic mass is 19.1. The molecule has 2 aliphatic heterocycles. The zero-order valence-electron chi connectivity index (χ0n) is 17.5. The Hall–Kier alpha value is -3.81. The number of nitrogens with zero attached hydrogens (tertiary/aromatic N) is 4. The minimum Gasteiger partial charge on any atom is -0.342 e. The Morgan fingerprint density at radius 3 is 2.59 bits per heavy atom. The Balaban J connectivity index is 1.87. The third-order valence-electron chi connectivity index (χ3n) is 5.94. The molecular weight excluding hydrogens is 419 g/mol. The van der Waals surface area contributed by atoms with Crippen molar-refractivity contribution in [3.63, 3.8) is 0 Å². The first-order valence-corrected chi connectivity index (χ1v) is 10.2. The van der Waals surface area contributed by atoms with Crippen LogP contribution in [-0.2, 0) is 4.79 Å². The number of hydrogen-bond acceptors (Lipinski definition) is 7. The molecule has 0 saturated carbocycles. The number of non-ortho nitro benzene ring substituents is 1. The highest BCUT2D eigenvalue weighted by Crippen LogP contribution is 2.40. The summed E-state index contributed by atoms with van der Waals surface area (Å²) in [5.41, 5.74) is -1.42. The number of piperidine rings is 1. The summed E-state index contributed by atoms with van der Waals surface area (Å²) in [7, 11) is 0. The van der Waals surface area contributed by atoms with Gasteiger partial charge < -0.3 is 10.2 Å². The van der Waals surface area contributed by atoms with Gasteiger partial charge in [-0.25, -0.2) is 4.39 Å². The minimum atomic E-state index is -1.46. The number of H-pyrrole nitrogens is 1. The maximum absolute atomic E-state index is 14.7. The van der Waals surface area contributed by atoms with Crippen LogP contribution in [0.2, 0.25) is 0 Å². The maximum Gasteiger partial charge on any atom is 0.269 e. The second-order valence-corrected chi connectivity index (χ2v) is 8.54. The summed E-state index contributed by atoms with van der Waals surface area (Å²) in [5, 5.41) is 23.3. The standard InChI is InChI=1S/C21H21FN6O4/c1-10-5-11(2)9-27(8-10)21-25-18-17(20(30)26-21)16(14(7-23)19(29)24-18)13-6-12(28(31)32)3-4-15(13)22/h3-4,6,10-11,14,16H,5,8-9H2,1-2H3,(H2,24,25,26,29,30). The lowest BCUT2D eigenvalue weighted by molar-refractivity contribution is -0.385. The summed E-state index contributed by atoms with van der Waals surface area (Å²) in [5.74, 6) is -3.43. The van der Waals surface area contributed by atoms with Crippen molar-refractivity contribution in [2.75, 3.05) is 23.3 Å². The van der Waals surface area contributed by atoms with Crippen molar-refractivity contribution < 1.29 is 14.1 Å². The van der Waals surface area contributed by atoms with Crippen LogP contribution in [0.1, 0.15) is 37.3 Å². The highest BCUT2D eigenvalue weighted by Gasteiger charge is 2.42. The molecule has 2 aliphatic rings. The van der Waals surface area contributed by atoms with Gasteiger partial charge in [0.05, 0.1) is 16.6 Å². The van der Waals surface area contributed by atoms with Crippen LogP contribution in [0.3, 0.4) is 0 Å². The van der Waals surface area contributed by atoms with Crippen molar-refractivity contribution in [3.8, 4) is 6.07 Å². The third kappa shape index (κ3) is 3.68. The molecule has 0 bridgehead atoms. The molecule has 4 unspecified atom stereocenters. The number of carbonyl (C=O) groups is 1. The molecule has 2 aromatic rings. The number of nitrogens with one attached hydrogen (secondary N) is 2. The molecule has 4 rings (SSSR count). The SMILES string of the molecule is CC1CC(C)CN(c2nc3c(c(=O)[nH]2)C(c2cc([N+](=O)[O-])ccc2F)C(C#N)C(=O)N3)C1. The molecule has 10 nitrogen and oxygen atoms in total. The smallest absolute Gasteiger partial charge is 0.269 e. The van der Waals surface area contributed by atoms with Gasteiger partial charge >= 0.3 is 0 Å². The molecule has 2 N–H and O–H groups in total. The molecule has 166 valence electrons. The third-order valence-corrected chi connectivity index (χ3v) is 5.94. The number of carbonyl (C=O) groups excluding carboxylic acids is 1. The molecule has 3 heterocycles. The largest absolute Gasteiger partial charge is 0.342 e. The first-order chi connectivity index (χ1) is 15.2. The van der Waals surface area contributed by atoms with Crippen LogP contribution in [0, 0.1) is 45.0 Å². The van der Waals surface area contributed by atoms with E-state index in [0.717, 1.165) is 24.6 Å². The number of amides is 1. The molecule has 11 heteroatoms. The maximum atomic E-state index is 14.7. The van der Waals surface area contributed by atoms with Gasteiger partial charge in [-0.05, 0) is 24.3 Å². The summed E-state index contributed by atoms with van der Waals surface area (Å²) >= 11 is 0. The van der Waals surface area contributed by atoms with E-state index in [-0.39, 0.29) is 22.9 Å². The zero-order valence-corrected chi connectivity index (χ0v) is 17.5. The lowest BCUT2D eigenvalue weighted by atomic mass is 9.79. The van der Waals surface area contributed by atoms with E-state index >= 15 is 0 Å². The lowest BCUT2D eigenvalue weighted by Gasteiger charge is -2.36. The van der Waals surface area contributed by atoms with E-state index in [9.17, 15) is 29.4 Å². The topological polar surface area (TPSA) is 145 Å².